The molecule has 3 aromatic rings. The number of nitrogens with zero attached hydrogens (tertiary/aromatic N) is 6. The molecule has 1 fully saturated rings. The lowest BCUT2D eigenvalue weighted by atomic mass is 10.1. The fraction of sp³-hybridized carbons (Fsp3) is 0.387. The van der Waals surface area contributed by atoms with Gasteiger partial charge in [0.05, 0.1) is 11.9 Å². The molecule has 2 amide bonds. The van der Waals surface area contributed by atoms with Crippen molar-refractivity contribution in [1.82, 2.24) is 29.5 Å². The van der Waals surface area contributed by atoms with Crippen LogP contribution in [-0.2, 0) is 16.1 Å². The van der Waals surface area contributed by atoms with Gasteiger partial charge in [0, 0.05) is 50.1 Å². The van der Waals surface area contributed by atoms with E-state index in [4.69, 9.17) is 9.47 Å². The SMILES string of the molecule is CC(=O)N1CCN(C(=O)OCC#Cc2ccc(OCc3nnc(SC4C=CCCC4)n3-c3cccnc3)cc2C)CC1. The van der Waals surface area contributed by atoms with E-state index in [2.05, 4.69) is 39.2 Å². The Hall–Kier alpha value is -4.30. The van der Waals surface area contributed by atoms with Gasteiger partial charge in [0.1, 0.15) is 12.4 Å². The van der Waals surface area contributed by atoms with Gasteiger partial charge >= 0.3 is 6.09 Å². The van der Waals surface area contributed by atoms with Crippen molar-refractivity contribution in [1.29, 1.82) is 0 Å². The molecule has 5 rings (SSSR count). The maximum atomic E-state index is 12.3. The second kappa shape index (κ2) is 14.0. The van der Waals surface area contributed by atoms with E-state index < -0.39 is 6.09 Å². The van der Waals surface area contributed by atoms with Crippen LogP contribution in [0.2, 0.25) is 0 Å². The molecule has 3 heterocycles. The molecule has 1 aliphatic heterocycles. The molecule has 1 unspecified atom stereocenters. The monoisotopic (exact) mass is 586 g/mol. The number of allylic oxidation sites excluding steroid dienone is 1. The first-order valence-corrected chi connectivity index (χ1v) is 14.9. The van der Waals surface area contributed by atoms with Crippen LogP contribution in [0.5, 0.6) is 5.75 Å². The minimum absolute atomic E-state index is 0.00948. The Labute approximate surface area is 250 Å². The fourth-order valence-electron chi connectivity index (χ4n) is 4.77. The standard InChI is InChI=1S/C31H34N6O4S/c1-23-20-27(13-12-25(23)8-7-19-40-31(39)36-17-15-35(16-18-36)24(2)38)41-22-29-33-34-30(42-28-10-4-3-5-11-28)37(29)26-9-6-14-32-21-26/h4,6,9-10,12-14,20-21,28H,3,5,11,15-19,22H2,1-2H3. The summed E-state index contributed by atoms with van der Waals surface area (Å²) in [4.78, 5) is 31.4. The predicted molar refractivity (Wildman–Crippen MR) is 159 cm³/mol. The van der Waals surface area contributed by atoms with Crippen LogP contribution < -0.4 is 4.74 Å². The number of thioether (sulfide) groups is 1. The maximum Gasteiger partial charge on any atom is 0.410 e. The Bertz CT molecular complexity index is 1490. The van der Waals surface area contributed by atoms with E-state index in [-0.39, 0.29) is 19.1 Å². The number of benzene rings is 1. The summed E-state index contributed by atoms with van der Waals surface area (Å²) in [5.41, 5.74) is 2.66. The van der Waals surface area contributed by atoms with Gasteiger partial charge in [-0.2, -0.15) is 0 Å². The summed E-state index contributed by atoms with van der Waals surface area (Å²) in [6.45, 7) is 5.68. The van der Waals surface area contributed by atoms with Crippen LogP contribution in [0.1, 0.15) is 43.1 Å². The molecule has 218 valence electrons. The lowest BCUT2D eigenvalue weighted by Crippen LogP contribution is -2.50. The molecule has 0 saturated carbocycles. The zero-order valence-electron chi connectivity index (χ0n) is 23.9. The molecular formula is C31H34N6O4S. The summed E-state index contributed by atoms with van der Waals surface area (Å²) in [5.74, 6) is 7.39. The molecule has 11 heteroatoms. The summed E-state index contributed by atoms with van der Waals surface area (Å²) >= 11 is 1.71. The summed E-state index contributed by atoms with van der Waals surface area (Å²) < 4.78 is 13.4. The molecule has 0 radical (unpaired) electrons. The highest BCUT2D eigenvalue weighted by Crippen LogP contribution is 2.31. The molecule has 1 aromatic carbocycles. The molecule has 10 nitrogen and oxygen atoms in total. The number of carbonyl (C=O) groups excluding carboxylic acids is 2. The van der Waals surface area contributed by atoms with Crippen molar-refractivity contribution in [2.45, 2.75) is 50.1 Å². The van der Waals surface area contributed by atoms with E-state index in [1.54, 1.807) is 34.0 Å². The first-order chi connectivity index (χ1) is 20.5. The number of hydrogen-bond acceptors (Lipinski definition) is 8. The molecule has 2 aliphatic rings. The van der Waals surface area contributed by atoms with Crippen molar-refractivity contribution in [3.05, 3.63) is 71.8 Å². The van der Waals surface area contributed by atoms with E-state index in [1.807, 2.05) is 41.8 Å². The third-order valence-electron chi connectivity index (χ3n) is 7.11. The van der Waals surface area contributed by atoms with Gasteiger partial charge in [0.25, 0.3) is 0 Å². The zero-order valence-corrected chi connectivity index (χ0v) is 24.7. The molecule has 0 N–H and O–H groups in total. The Morgan fingerprint density at radius 2 is 1.95 bits per heavy atom. The van der Waals surface area contributed by atoms with Crippen LogP contribution >= 0.6 is 11.8 Å². The number of pyridine rings is 1. The first kappa shape index (κ1) is 29.2. The van der Waals surface area contributed by atoms with Crippen LogP contribution in [0.25, 0.3) is 5.69 Å². The number of piperazine rings is 1. The minimum Gasteiger partial charge on any atom is -0.486 e. The Morgan fingerprint density at radius 3 is 2.67 bits per heavy atom. The Balaban J connectivity index is 1.17. The number of rotatable bonds is 7. The third kappa shape index (κ3) is 7.50. The van der Waals surface area contributed by atoms with Crippen molar-refractivity contribution in [3.8, 4) is 23.3 Å². The van der Waals surface area contributed by atoms with Crippen LogP contribution in [0.15, 0.2) is 60.0 Å². The van der Waals surface area contributed by atoms with Crippen LogP contribution in [0, 0.1) is 18.8 Å². The normalized spacial score (nSPS) is 16.5. The zero-order chi connectivity index (χ0) is 29.3. The number of ether oxygens (including phenoxy) is 2. The summed E-state index contributed by atoms with van der Waals surface area (Å²) in [7, 11) is 0. The number of carbonyl (C=O) groups is 2. The van der Waals surface area contributed by atoms with E-state index in [0.717, 1.165) is 34.8 Å². The highest BCUT2D eigenvalue weighted by atomic mass is 32.2. The van der Waals surface area contributed by atoms with Crippen molar-refractivity contribution in [3.63, 3.8) is 0 Å². The smallest absolute Gasteiger partial charge is 0.410 e. The highest BCUT2D eigenvalue weighted by molar-refractivity contribution is 7.99. The molecule has 42 heavy (non-hydrogen) atoms. The quantitative estimate of drug-likeness (QED) is 0.297. The third-order valence-corrected chi connectivity index (χ3v) is 8.28. The van der Waals surface area contributed by atoms with Gasteiger partial charge in [-0.25, -0.2) is 4.79 Å². The lowest BCUT2D eigenvalue weighted by Gasteiger charge is -2.33. The summed E-state index contributed by atoms with van der Waals surface area (Å²) in [6, 6.07) is 9.57. The van der Waals surface area contributed by atoms with Gasteiger partial charge in [-0.1, -0.05) is 35.8 Å². The largest absolute Gasteiger partial charge is 0.486 e. The van der Waals surface area contributed by atoms with Crippen LogP contribution in [-0.4, -0.2) is 79.6 Å². The van der Waals surface area contributed by atoms with Crippen LogP contribution in [0.3, 0.4) is 0 Å². The topological polar surface area (TPSA) is 103 Å². The van der Waals surface area contributed by atoms with Crippen molar-refractivity contribution >= 4 is 23.8 Å². The van der Waals surface area contributed by atoms with Gasteiger partial charge in [-0.3, -0.25) is 14.3 Å². The predicted octanol–water partition coefficient (Wildman–Crippen LogP) is 4.40. The number of amides is 2. The number of hydrogen-bond donors (Lipinski definition) is 0. The van der Waals surface area contributed by atoms with Gasteiger partial charge in [-0.15, -0.1) is 10.2 Å². The number of aryl methyl sites for hydroxylation is 1. The molecule has 1 aliphatic carbocycles. The maximum absolute atomic E-state index is 12.3. The van der Waals surface area contributed by atoms with Crippen molar-refractivity contribution in [2.75, 3.05) is 32.8 Å². The van der Waals surface area contributed by atoms with Gasteiger partial charge in [0.15, 0.2) is 17.6 Å². The fourth-order valence-corrected chi connectivity index (χ4v) is 5.92. The van der Waals surface area contributed by atoms with Crippen molar-refractivity contribution in [2.24, 2.45) is 0 Å². The van der Waals surface area contributed by atoms with Crippen LogP contribution in [0.4, 0.5) is 4.79 Å². The molecule has 2 aromatic heterocycles. The van der Waals surface area contributed by atoms with E-state index >= 15 is 0 Å². The average molecular weight is 587 g/mol. The molecule has 0 bridgehead atoms. The molecule has 0 spiro atoms. The highest BCUT2D eigenvalue weighted by Gasteiger charge is 2.23. The van der Waals surface area contributed by atoms with Gasteiger partial charge in [-0.05, 0) is 62.1 Å². The first-order valence-electron chi connectivity index (χ1n) is 14.1. The van der Waals surface area contributed by atoms with E-state index in [0.29, 0.717) is 43.0 Å². The summed E-state index contributed by atoms with van der Waals surface area (Å²) in [5, 5.41) is 10.1. The van der Waals surface area contributed by atoms with Gasteiger partial charge < -0.3 is 19.3 Å². The average Bonchev–Trinajstić information content (AvgIpc) is 3.42. The van der Waals surface area contributed by atoms with E-state index in [9.17, 15) is 9.59 Å². The second-order valence-corrected chi connectivity index (χ2v) is 11.3. The summed E-state index contributed by atoms with van der Waals surface area (Å²) in [6.07, 6.45) is 11.0. The second-order valence-electron chi connectivity index (χ2n) is 10.1. The van der Waals surface area contributed by atoms with Crippen molar-refractivity contribution < 1.29 is 19.1 Å². The Morgan fingerprint density at radius 1 is 1.12 bits per heavy atom. The lowest BCUT2D eigenvalue weighted by molar-refractivity contribution is -0.130. The van der Waals surface area contributed by atoms with Gasteiger partial charge in [0.2, 0.25) is 5.91 Å². The minimum atomic E-state index is -0.413. The molecule has 1 atom stereocenters. The Kier molecular flexibility index (Phi) is 9.77. The molecule has 1 saturated heterocycles. The number of aromatic nitrogens is 4. The molecular weight excluding hydrogens is 552 g/mol. The van der Waals surface area contributed by atoms with E-state index in [1.165, 1.54) is 13.3 Å².